The lowest BCUT2D eigenvalue weighted by atomic mass is 9.94. The van der Waals surface area contributed by atoms with Crippen LogP contribution in [0.15, 0.2) is 48.5 Å². The molecule has 2 aromatic rings. The van der Waals surface area contributed by atoms with Crippen LogP contribution in [0.5, 0.6) is 0 Å². The number of esters is 1. The number of rotatable bonds is 9. The van der Waals surface area contributed by atoms with Gasteiger partial charge < -0.3 is 4.74 Å². The number of hydrogen-bond donors (Lipinski definition) is 0. The van der Waals surface area contributed by atoms with E-state index in [0.29, 0.717) is 6.61 Å². The first kappa shape index (κ1) is 19.3. The average molecular weight is 364 g/mol. The van der Waals surface area contributed by atoms with Crippen molar-refractivity contribution in [1.29, 1.82) is 0 Å². The number of carbonyl (C=O) groups excluding carboxylic acids is 2. The molecule has 0 spiro atoms. The average Bonchev–Trinajstić information content (AvgIpc) is 2.99. The van der Waals surface area contributed by atoms with Crippen LogP contribution in [0.4, 0.5) is 0 Å². The van der Waals surface area contributed by atoms with E-state index in [4.69, 9.17) is 4.74 Å². The van der Waals surface area contributed by atoms with Gasteiger partial charge in [-0.15, -0.1) is 0 Å². The van der Waals surface area contributed by atoms with Crippen LogP contribution in [-0.2, 0) is 14.3 Å². The molecule has 0 fully saturated rings. The second kappa shape index (κ2) is 8.98. The van der Waals surface area contributed by atoms with Crippen molar-refractivity contribution in [3.63, 3.8) is 0 Å². The van der Waals surface area contributed by atoms with Gasteiger partial charge in [0.2, 0.25) is 0 Å². The Kier molecular flexibility index (Phi) is 6.44. The molecular weight excluding hydrogens is 336 g/mol. The number of ketones is 1. The predicted molar refractivity (Wildman–Crippen MR) is 108 cm³/mol. The summed E-state index contributed by atoms with van der Waals surface area (Å²) in [5, 5.41) is 0. The number of fused-ring (bicyclic) bond motifs is 3. The van der Waals surface area contributed by atoms with Gasteiger partial charge in [-0.05, 0) is 35.6 Å². The Bertz CT molecular complexity index is 763. The fourth-order valence-corrected chi connectivity index (χ4v) is 3.97. The maximum atomic E-state index is 12.4. The number of carbonyl (C=O) groups is 2. The van der Waals surface area contributed by atoms with E-state index in [1.54, 1.807) is 6.92 Å². The fourth-order valence-electron chi connectivity index (χ4n) is 3.97. The highest BCUT2D eigenvalue weighted by molar-refractivity contribution is 5.83. The SMILES string of the molecule is CCCCC[C@H](CC(=O)OCC1c2ccccc2-c2ccccc21)C(C)=O. The zero-order valence-corrected chi connectivity index (χ0v) is 16.2. The second-order valence-corrected chi connectivity index (χ2v) is 7.42. The molecule has 3 heteroatoms. The largest absolute Gasteiger partial charge is 0.465 e. The Balaban J connectivity index is 1.64. The molecule has 0 radical (unpaired) electrons. The molecule has 3 rings (SSSR count). The van der Waals surface area contributed by atoms with Crippen molar-refractivity contribution < 1.29 is 14.3 Å². The third kappa shape index (κ3) is 4.47. The highest BCUT2D eigenvalue weighted by Crippen LogP contribution is 2.44. The van der Waals surface area contributed by atoms with Crippen molar-refractivity contribution in [2.75, 3.05) is 6.61 Å². The van der Waals surface area contributed by atoms with Crippen LogP contribution in [0, 0.1) is 5.92 Å². The molecule has 1 atom stereocenters. The molecule has 0 amide bonds. The Morgan fingerprint density at radius 1 is 0.963 bits per heavy atom. The molecule has 1 aliphatic carbocycles. The van der Waals surface area contributed by atoms with Crippen LogP contribution in [0.25, 0.3) is 11.1 Å². The van der Waals surface area contributed by atoms with Crippen LogP contribution in [0.2, 0.25) is 0 Å². The molecule has 0 N–H and O–H groups in total. The minimum Gasteiger partial charge on any atom is -0.465 e. The smallest absolute Gasteiger partial charge is 0.306 e. The third-order valence-corrected chi connectivity index (χ3v) is 5.52. The lowest BCUT2D eigenvalue weighted by Crippen LogP contribution is -2.19. The molecule has 0 bridgehead atoms. The van der Waals surface area contributed by atoms with Crippen LogP contribution >= 0.6 is 0 Å². The minimum atomic E-state index is -0.270. The molecule has 0 heterocycles. The number of ether oxygens (including phenoxy) is 1. The number of unbranched alkanes of at least 4 members (excludes halogenated alkanes) is 2. The maximum Gasteiger partial charge on any atom is 0.306 e. The molecule has 0 aliphatic heterocycles. The van der Waals surface area contributed by atoms with E-state index in [1.807, 2.05) is 24.3 Å². The molecule has 3 nitrogen and oxygen atoms in total. The van der Waals surface area contributed by atoms with Gasteiger partial charge in [-0.3, -0.25) is 9.59 Å². The fraction of sp³-hybridized carbons (Fsp3) is 0.417. The minimum absolute atomic E-state index is 0.0669. The summed E-state index contributed by atoms with van der Waals surface area (Å²) >= 11 is 0. The Morgan fingerprint density at radius 3 is 2.11 bits per heavy atom. The molecule has 0 aromatic heterocycles. The van der Waals surface area contributed by atoms with Crippen LogP contribution in [-0.4, -0.2) is 18.4 Å². The molecule has 2 aromatic carbocycles. The zero-order chi connectivity index (χ0) is 19.2. The normalized spacial score (nSPS) is 13.7. The summed E-state index contributed by atoms with van der Waals surface area (Å²) in [7, 11) is 0. The summed E-state index contributed by atoms with van der Waals surface area (Å²) in [6.45, 7) is 4.04. The van der Waals surface area contributed by atoms with Gasteiger partial charge in [0.15, 0.2) is 0 Å². The first-order valence-electron chi connectivity index (χ1n) is 9.96. The van der Waals surface area contributed by atoms with E-state index in [-0.39, 0.29) is 30.0 Å². The van der Waals surface area contributed by atoms with Gasteiger partial charge >= 0.3 is 5.97 Å². The summed E-state index contributed by atoms with van der Waals surface area (Å²) in [6.07, 6.45) is 4.14. The first-order chi connectivity index (χ1) is 13.1. The zero-order valence-electron chi connectivity index (χ0n) is 16.2. The maximum absolute atomic E-state index is 12.4. The molecular formula is C24H28O3. The summed E-state index contributed by atoms with van der Waals surface area (Å²) in [5.74, 6) is -0.336. The van der Waals surface area contributed by atoms with Gasteiger partial charge in [-0.1, -0.05) is 74.7 Å². The Morgan fingerprint density at radius 2 is 1.56 bits per heavy atom. The molecule has 1 aliphatic rings. The monoisotopic (exact) mass is 364 g/mol. The highest BCUT2D eigenvalue weighted by atomic mass is 16.5. The number of benzene rings is 2. The molecule has 0 unspecified atom stereocenters. The second-order valence-electron chi connectivity index (χ2n) is 7.42. The molecule has 27 heavy (non-hydrogen) atoms. The standard InChI is InChI=1S/C24H28O3/c1-3-4-5-10-18(17(2)25)15-24(26)27-16-23-21-13-8-6-11-19(21)20-12-7-9-14-22(20)23/h6-9,11-14,18,23H,3-5,10,15-16H2,1-2H3/t18-/m1/s1. The van der Waals surface area contributed by atoms with E-state index in [1.165, 1.54) is 22.3 Å². The summed E-state index contributed by atoms with van der Waals surface area (Å²) in [5.41, 5.74) is 4.85. The third-order valence-electron chi connectivity index (χ3n) is 5.52. The van der Waals surface area contributed by atoms with E-state index in [0.717, 1.165) is 25.7 Å². The molecule has 0 saturated heterocycles. The quantitative estimate of drug-likeness (QED) is 0.435. The molecule has 142 valence electrons. The first-order valence-corrected chi connectivity index (χ1v) is 9.96. The summed E-state index contributed by atoms with van der Waals surface area (Å²) in [4.78, 5) is 24.3. The van der Waals surface area contributed by atoms with E-state index in [2.05, 4.69) is 31.2 Å². The topological polar surface area (TPSA) is 43.4 Å². The van der Waals surface area contributed by atoms with Crippen molar-refractivity contribution in [3.05, 3.63) is 59.7 Å². The van der Waals surface area contributed by atoms with Gasteiger partial charge in [0.25, 0.3) is 0 Å². The van der Waals surface area contributed by atoms with E-state index >= 15 is 0 Å². The van der Waals surface area contributed by atoms with Gasteiger partial charge in [-0.25, -0.2) is 0 Å². The van der Waals surface area contributed by atoms with Crippen LogP contribution in [0.3, 0.4) is 0 Å². The van der Waals surface area contributed by atoms with E-state index < -0.39 is 0 Å². The van der Waals surface area contributed by atoms with Crippen LogP contribution < -0.4 is 0 Å². The lowest BCUT2D eigenvalue weighted by molar-refractivity contribution is -0.146. The van der Waals surface area contributed by atoms with Gasteiger partial charge in [0, 0.05) is 11.8 Å². The lowest BCUT2D eigenvalue weighted by Gasteiger charge is -2.16. The Labute approximate surface area is 161 Å². The summed E-state index contributed by atoms with van der Waals surface area (Å²) in [6, 6.07) is 16.6. The van der Waals surface area contributed by atoms with Crippen molar-refractivity contribution in [1.82, 2.24) is 0 Å². The van der Waals surface area contributed by atoms with Crippen molar-refractivity contribution in [3.8, 4) is 11.1 Å². The van der Waals surface area contributed by atoms with Crippen molar-refractivity contribution in [2.24, 2.45) is 5.92 Å². The number of Topliss-reactive ketones (excluding diaryl/α,β-unsaturated/α-hetero) is 1. The number of hydrogen-bond acceptors (Lipinski definition) is 3. The van der Waals surface area contributed by atoms with Gasteiger partial charge in [0.05, 0.1) is 6.42 Å². The Hall–Kier alpha value is -2.42. The predicted octanol–water partition coefficient (Wildman–Crippen LogP) is 5.52. The van der Waals surface area contributed by atoms with Gasteiger partial charge in [0.1, 0.15) is 12.4 Å². The highest BCUT2D eigenvalue weighted by Gasteiger charge is 2.29. The van der Waals surface area contributed by atoms with Crippen molar-refractivity contribution >= 4 is 11.8 Å². The van der Waals surface area contributed by atoms with Crippen LogP contribution in [0.1, 0.15) is 63.0 Å². The molecule has 0 saturated carbocycles. The van der Waals surface area contributed by atoms with Gasteiger partial charge in [-0.2, -0.15) is 0 Å². The van der Waals surface area contributed by atoms with Crippen molar-refractivity contribution in [2.45, 2.75) is 51.9 Å². The summed E-state index contributed by atoms with van der Waals surface area (Å²) < 4.78 is 5.64. The van der Waals surface area contributed by atoms with E-state index in [9.17, 15) is 9.59 Å².